The predicted molar refractivity (Wildman–Crippen MR) is 87.7 cm³/mol. The average Bonchev–Trinajstić information content (AvgIpc) is 2.56. The Balaban J connectivity index is 1.79. The first kappa shape index (κ1) is 17.0. The van der Waals surface area contributed by atoms with Crippen LogP contribution in [0.15, 0.2) is 41.3 Å². The number of sulfonamides is 1. The smallest absolute Gasteiger partial charge is 0.241 e. The van der Waals surface area contributed by atoms with Crippen LogP contribution in [0.5, 0.6) is 11.5 Å². The van der Waals surface area contributed by atoms with Gasteiger partial charge in [-0.05, 0) is 48.4 Å². The number of nitrogens with one attached hydrogen (secondary N) is 1. The molecular weight excluding hydrogens is 357 g/mol. The number of halogens is 2. The fraction of sp³-hybridized carbons (Fsp3) is 0.250. The van der Waals surface area contributed by atoms with Gasteiger partial charge < -0.3 is 9.47 Å². The van der Waals surface area contributed by atoms with Gasteiger partial charge in [-0.3, -0.25) is 0 Å². The third kappa shape index (κ3) is 3.48. The molecule has 0 fully saturated rings. The van der Waals surface area contributed by atoms with Crippen molar-refractivity contribution in [1.29, 1.82) is 0 Å². The Hall–Kier alpha value is -1.83. The number of ether oxygens (including phenoxy) is 2. The fourth-order valence-electron chi connectivity index (χ4n) is 2.51. The molecule has 1 aliphatic rings. The summed E-state index contributed by atoms with van der Waals surface area (Å²) in [4.78, 5) is -0.0923. The van der Waals surface area contributed by atoms with Crippen LogP contribution in [0.25, 0.3) is 0 Å². The summed E-state index contributed by atoms with van der Waals surface area (Å²) < 4.78 is 51.4. The number of benzene rings is 2. The first-order chi connectivity index (χ1) is 11.4. The van der Waals surface area contributed by atoms with Gasteiger partial charge >= 0.3 is 0 Å². The average molecular weight is 372 g/mol. The molecule has 0 aromatic heterocycles. The van der Waals surface area contributed by atoms with Crippen molar-refractivity contribution in [2.75, 3.05) is 13.7 Å². The Bertz CT molecular complexity index is 872. The van der Waals surface area contributed by atoms with Gasteiger partial charge in [0.25, 0.3) is 0 Å². The minimum absolute atomic E-state index is 0.0923. The first-order valence-corrected chi connectivity index (χ1v) is 9.02. The normalized spacial score (nSPS) is 17.0. The van der Waals surface area contributed by atoms with Crippen LogP contribution in [0.1, 0.15) is 5.56 Å². The zero-order chi connectivity index (χ0) is 17.3. The summed E-state index contributed by atoms with van der Waals surface area (Å²) in [6, 6.07) is 8.21. The molecule has 0 saturated carbocycles. The summed E-state index contributed by atoms with van der Waals surface area (Å²) in [7, 11) is -2.27. The number of hydrogen-bond donors (Lipinski definition) is 1. The van der Waals surface area contributed by atoms with Gasteiger partial charge in [-0.15, -0.1) is 0 Å². The van der Waals surface area contributed by atoms with Gasteiger partial charge in [0.15, 0.2) is 0 Å². The topological polar surface area (TPSA) is 64.6 Å². The van der Waals surface area contributed by atoms with Gasteiger partial charge in [0.05, 0.1) is 23.1 Å². The molecule has 0 radical (unpaired) electrons. The van der Waals surface area contributed by atoms with E-state index in [9.17, 15) is 12.8 Å². The number of methoxy groups -OCH3 is 1. The molecule has 2 aromatic carbocycles. The summed E-state index contributed by atoms with van der Waals surface area (Å²) in [6.45, 7) is 0.202. The van der Waals surface area contributed by atoms with Crippen molar-refractivity contribution in [3.63, 3.8) is 0 Å². The zero-order valence-corrected chi connectivity index (χ0v) is 14.3. The van der Waals surface area contributed by atoms with Crippen molar-refractivity contribution in [2.24, 2.45) is 0 Å². The highest BCUT2D eigenvalue weighted by Gasteiger charge is 2.26. The third-order valence-electron chi connectivity index (χ3n) is 3.70. The maximum atomic E-state index is 13.2. The second-order valence-electron chi connectivity index (χ2n) is 5.38. The third-order valence-corrected chi connectivity index (χ3v) is 5.50. The Morgan fingerprint density at radius 1 is 1.29 bits per heavy atom. The van der Waals surface area contributed by atoms with Gasteiger partial charge in [0.1, 0.15) is 23.9 Å². The Labute approximate surface area is 144 Å². The molecule has 2 aromatic rings. The van der Waals surface area contributed by atoms with Crippen molar-refractivity contribution >= 4 is 21.6 Å². The minimum atomic E-state index is -3.83. The van der Waals surface area contributed by atoms with Crippen LogP contribution in [0.4, 0.5) is 4.39 Å². The lowest BCUT2D eigenvalue weighted by Gasteiger charge is -2.26. The molecule has 1 N–H and O–H groups in total. The van der Waals surface area contributed by atoms with E-state index in [1.165, 1.54) is 6.07 Å². The maximum Gasteiger partial charge on any atom is 0.241 e. The van der Waals surface area contributed by atoms with Crippen LogP contribution in [-0.4, -0.2) is 28.2 Å². The molecule has 5 nitrogen and oxygen atoms in total. The largest absolute Gasteiger partial charge is 0.497 e. The van der Waals surface area contributed by atoms with E-state index in [4.69, 9.17) is 21.1 Å². The zero-order valence-electron chi connectivity index (χ0n) is 12.8. The Morgan fingerprint density at radius 3 is 2.79 bits per heavy atom. The van der Waals surface area contributed by atoms with Crippen molar-refractivity contribution in [3.8, 4) is 11.5 Å². The van der Waals surface area contributed by atoms with Gasteiger partial charge in [0, 0.05) is 0 Å². The summed E-state index contributed by atoms with van der Waals surface area (Å²) in [5.41, 5.74) is 0.852. The molecule has 1 heterocycles. The van der Waals surface area contributed by atoms with Crippen LogP contribution in [0.3, 0.4) is 0 Å². The Kier molecular flexibility index (Phi) is 4.67. The number of fused-ring (bicyclic) bond motifs is 1. The molecule has 1 unspecified atom stereocenters. The lowest BCUT2D eigenvalue weighted by molar-refractivity contribution is 0.253. The fourth-order valence-corrected chi connectivity index (χ4v) is 4.00. The van der Waals surface area contributed by atoms with Crippen LogP contribution in [0, 0.1) is 5.82 Å². The molecule has 3 rings (SSSR count). The van der Waals surface area contributed by atoms with Crippen molar-refractivity contribution in [1.82, 2.24) is 4.72 Å². The van der Waals surface area contributed by atoms with Crippen LogP contribution >= 0.6 is 11.6 Å². The van der Waals surface area contributed by atoms with E-state index in [-0.39, 0.29) is 16.5 Å². The highest BCUT2D eigenvalue weighted by atomic mass is 35.5. The molecule has 1 atom stereocenters. The summed E-state index contributed by atoms with van der Waals surface area (Å²) in [5, 5.41) is -0.243. The van der Waals surface area contributed by atoms with Gasteiger partial charge in [-0.25, -0.2) is 17.5 Å². The molecule has 0 saturated heterocycles. The van der Waals surface area contributed by atoms with E-state index >= 15 is 0 Å². The molecule has 0 bridgehead atoms. The second kappa shape index (κ2) is 6.58. The lowest BCUT2D eigenvalue weighted by Crippen LogP contribution is -2.42. The summed E-state index contributed by atoms with van der Waals surface area (Å²) >= 11 is 5.66. The van der Waals surface area contributed by atoms with Crippen LogP contribution in [0.2, 0.25) is 5.02 Å². The van der Waals surface area contributed by atoms with E-state index in [2.05, 4.69) is 4.72 Å². The molecule has 0 spiro atoms. The summed E-state index contributed by atoms with van der Waals surface area (Å²) in [6.07, 6.45) is 0.459. The number of rotatable bonds is 4. The van der Waals surface area contributed by atoms with Gasteiger partial charge in [-0.2, -0.15) is 0 Å². The minimum Gasteiger partial charge on any atom is -0.497 e. The standard InChI is InChI=1S/C16H15ClFNO4S/c1-22-12-2-5-16-10(7-12)6-11(9-23-16)19-24(20,21)13-3-4-15(18)14(17)8-13/h2-5,7-8,11,19H,6,9H2,1H3. The van der Waals surface area contributed by atoms with E-state index in [1.54, 1.807) is 19.2 Å². The number of hydrogen-bond acceptors (Lipinski definition) is 4. The van der Waals surface area contributed by atoms with Gasteiger partial charge in [0.2, 0.25) is 10.0 Å². The molecule has 128 valence electrons. The monoisotopic (exact) mass is 371 g/mol. The predicted octanol–water partition coefficient (Wildman–Crippen LogP) is 2.77. The Morgan fingerprint density at radius 2 is 2.08 bits per heavy atom. The maximum absolute atomic E-state index is 13.2. The molecular formula is C16H15ClFNO4S. The quantitative estimate of drug-likeness (QED) is 0.897. The highest BCUT2D eigenvalue weighted by Crippen LogP contribution is 2.29. The lowest BCUT2D eigenvalue weighted by atomic mass is 10.0. The van der Waals surface area contributed by atoms with Crippen molar-refractivity contribution in [3.05, 3.63) is 52.8 Å². The first-order valence-electron chi connectivity index (χ1n) is 7.16. The van der Waals surface area contributed by atoms with E-state index in [0.717, 1.165) is 17.7 Å². The SMILES string of the molecule is COc1ccc2c(c1)CC(NS(=O)(=O)c1ccc(F)c(Cl)c1)CO2. The second-order valence-corrected chi connectivity index (χ2v) is 7.50. The van der Waals surface area contributed by atoms with E-state index < -0.39 is 21.9 Å². The molecule has 8 heteroatoms. The molecule has 0 amide bonds. The summed E-state index contributed by atoms with van der Waals surface area (Å²) in [5.74, 6) is 0.708. The van der Waals surface area contributed by atoms with Crippen molar-refractivity contribution in [2.45, 2.75) is 17.4 Å². The van der Waals surface area contributed by atoms with Crippen LogP contribution in [-0.2, 0) is 16.4 Å². The molecule has 1 aliphatic heterocycles. The highest BCUT2D eigenvalue weighted by molar-refractivity contribution is 7.89. The molecule has 24 heavy (non-hydrogen) atoms. The van der Waals surface area contributed by atoms with Crippen molar-refractivity contribution < 1.29 is 22.3 Å². The van der Waals surface area contributed by atoms with E-state index in [1.807, 2.05) is 6.07 Å². The molecule has 0 aliphatic carbocycles. The van der Waals surface area contributed by atoms with Crippen LogP contribution < -0.4 is 14.2 Å². The van der Waals surface area contributed by atoms with E-state index in [0.29, 0.717) is 17.9 Å². The van der Waals surface area contributed by atoms with Gasteiger partial charge in [-0.1, -0.05) is 11.6 Å².